The van der Waals surface area contributed by atoms with Gasteiger partial charge in [0.2, 0.25) is 5.91 Å². The van der Waals surface area contributed by atoms with Gasteiger partial charge in [-0.3, -0.25) is 9.59 Å². The summed E-state index contributed by atoms with van der Waals surface area (Å²) < 4.78 is 0. The highest BCUT2D eigenvalue weighted by Crippen LogP contribution is 2.15. The number of benzene rings is 2. The van der Waals surface area contributed by atoms with Gasteiger partial charge in [0.05, 0.1) is 0 Å². The van der Waals surface area contributed by atoms with Crippen LogP contribution in [0.4, 0.5) is 5.69 Å². The van der Waals surface area contributed by atoms with Crippen LogP contribution in [0.25, 0.3) is 6.08 Å². The normalized spacial score (nSPS) is 15.1. The van der Waals surface area contributed by atoms with E-state index in [9.17, 15) is 9.59 Å². The average Bonchev–Trinajstić information content (AvgIpc) is 2.68. The second-order valence-electron chi connectivity index (χ2n) is 6.55. The Hall–Kier alpha value is -2.63. The van der Waals surface area contributed by atoms with E-state index in [2.05, 4.69) is 17.3 Å². The molecule has 0 aromatic heterocycles. The predicted octanol–water partition coefficient (Wildman–Crippen LogP) is 3.38. The Labute approximate surface area is 164 Å². The minimum absolute atomic E-state index is 0.00379. The molecule has 0 unspecified atom stereocenters. The Bertz CT molecular complexity index is 841. The standard InChI is InChI=1S/C21H22ClN3O2/c1-24-11-13-25(14-12-24)21(27)17-3-2-4-19(15-17)23-20(26)10-7-16-5-8-18(22)9-6-16/h2-10,15H,11-14H2,1H3,(H,23,26)/b10-7+. The number of likely N-dealkylation sites (N-methyl/N-ethyl adjacent to an activating group) is 1. The van der Waals surface area contributed by atoms with E-state index in [0.29, 0.717) is 16.3 Å². The molecule has 140 valence electrons. The van der Waals surface area contributed by atoms with Gasteiger partial charge in [-0.2, -0.15) is 0 Å². The summed E-state index contributed by atoms with van der Waals surface area (Å²) in [6.45, 7) is 3.18. The van der Waals surface area contributed by atoms with Crippen molar-refractivity contribution in [1.29, 1.82) is 0 Å². The van der Waals surface area contributed by atoms with E-state index in [0.717, 1.165) is 31.7 Å². The Morgan fingerprint density at radius 2 is 1.74 bits per heavy atom. The van der Waals surface area contributed by atoms with E-state index in [4.69, 9.17) is 11.6 Å². The molecule has 0 saturated carbocycles. The van der Waals surface area contributed by atoms with Gasteiger partial charge in [-0.1, -0.05) is 29.8 Å². The topological polar surface area (TPSA) is 52.6 Å². The molecule has 1 heterocycles. The van der Waals surface area contributed by atoms with E-state index >= 15 is 0 Å². The molecule has 0 bridgehead atoms. The van der Waals surface area contributed by atoms with Gasteiger partial charge >= 0.3 is 0 Å². The van der Waals surface area contributed by atoms with Crippen molar-refractivity contribution in [3.8, 4) is 0 Å². The lowest BCUT2D eigenvalue weighted by molar-refractivity contribution is -0.111. The summed E-state index contributed by atoms with van der Waals surface area (Å²) in [4.78, 5) is 28.8. The molecule has 2 aromatic rings. The van der Waals surface area contributed by atoms with Gasteiger partial charge in [-0.05, 0) is 49.0 Å². The van der Waals surface area contributed by atoms with Gasteiger partial charge in [0.15, 0.2) is 0 Å². The fourth-order valence-corrected chi connectivity index (χ4v) is 2.98. The van der Waals surface area contributed by atoms with Crippen LogP contribution in [0.3, 0.4) is 0 Å². The second kappa shape index (κ2) is 8.84. The maximum Gasteiger partial charge on any atom is 0.254 e. The lowest BCUT2D eigenvalue weighted by atomic mass is 10.1. The molecular formula is C21H22ClN3O2. The van der Waals surface area contributed by atoms with Gasteiger partial charge in [-0.25, -0.2) is 0 Å². The SMILES string of the molecule is CN1CCN(C(=O)c2cccc(NC(=O)/C=C/c3ccc(Cl)cc3)c2)CC1. The van der Waals surface area contributed by atoms with Crippen LogP contribution in [0.1, 0.15) is 15.9 Å². The number of nitrogens with one attached hydrogen (secondary N) is 1. The molecule has 1 aliphatic rings. The molecular weight excluding hydrogens is 362 g/mol. The van der Waals surface area contributed by atoms with Crippen LogP contribution in [0.5, 0.6) is 0 Å². The molecule has 27 heavy (non-hydrogen) atoms. The zero-order valence-corrected chi connectivity index (χ0v) is 15.9. The highest BCUT2D eigenvalue weighted by molar-refractivity contribution is 6.30. The van der Waals surface area contributed by atoms with Gasteiger partial charge in [-0.15, -0.1) is 0 Å². The van der Waals surface area contributed by atoms with Crippen molar-refractivity contribution in [3.05, 3.63) is 70.8 Å². The Morgan fingerprint density at radius 3 is 2.44 bits per heavy atom. The van der Waals surface area contributed by atoms with Gasteiger partial charge in [0.1, 0.15) is 0 Å². The van der Waals surface area contributed by atoms with Crippen molar-refractivity contribution in [1.82, 2.24) is 9.80 Å². The van der Waals surface area contributed by atoms with Gasteiger partial charge in [0.25, 0.3) is 5.91 Å². The number of halogens is 1. The summed E-state index contributed by atoms with van der Waals surface area (Å²) in [5.74, 6) is -0.259. The van der Waals surface area contributed by atoms with Crippen LogP contribution in [0, 0.1) is 0 Å². The third-order valence-electron chi connectivity index (χ3n) is 4.46. The largest absolute Gasteiger partial charge is 0.336 e. The van der Waals surface area contributed by atoms with Gasteiger partial charge < -0.3 is 15.1 Å². The lowest BCUT2D eigenvalue weighted by Gasteiger charge is -2.32. The molecule has 2 aromatic carbocycles. The highest BCUT2D eigenvalue weighted by atomic mass is 35.5. The van der Waals surface area contributed by atoms with Crippen LogP contribution >= 0.6 is 11.6 Å². The third kappa shape index (κ3) is 5.42. The number of carbonyl (C=O) groups excluding carboxylic acids is 2. The maximum atomic E-state index is 12.7. The smallest absolute Gasteiger partial charge is 0.254 e. The van der Waals surface area contributed by atoms with E-state index in [1.807, 2.05) is 17.0 Å². The first kappa shape index (κ1) is 19.1. The molecule has 6 heteroatoms. The first-order valence-electron chi connectivity index (χ1n) is 8.84. The highest BCUT2D eigenvalue weighted by Gasteiger charge is 2.20. The fraction of sp³-hybridized carbons (Fsp3) is 0.238. The summed E-state index contributed by atoms with van der Waals surface area (Å²) in [5.41, 5.74) is 2.06. The molecule has 0 atom stereocenters. The first-order valence-corrected chi connectivity index (χ1v) is 9.21. The second-order valence-corrected chi connectivity index (χ2v) is 6.99. The van der Waals surface area contributed by atoms with Crippen LogP contribution < -0.4 is 5.32 Å². The van der Waals surface area contributed by atoms with E-state index in [1.165, 1.54) is 6.08 Å². The summed E-state index contributed by atoms with van der Waals surface area (Å²) in [6.07, 6.45) is 3.17. The van der Waals surface area contributed by atoms with Crippen molar-refractivity contribution in [2.24, 2.45) is 0 Å². The van der Waals surface area contributed by atoms with Crippen molar-refractivity contribution >= 4 is 35.2 Å². The fourth-order valence-electron chi connectivity index (χ4n) is 2.85. The number of carbonyl (C=O) groups is 2. The Kier molecular flexibility index (Phi) is 6.27. The zero-order chi connectivity index (χ0) is 19.2. The van der Waals surface area contributed by atoms with E-state index in [-0.39, 0.29) is 11.8 Å². The van der Waals surface area contributed by atoms with Crippen LogP contribution in [0.2, 0.25) is 5.02 Å². The molecule has 0 radical (unpaired) electrons. The van der Waals surface area contributed by atoms with E-state index < -0.39 is 0 Å². The summed E-state index contributed by atoms with van der Waals surface area (Å²) in [7, 11) is 2.05. The molecule has 1 aliphatic heterocycles. The Morgan fingerprint density at radius 1 is 1.04 bits per heavy atom. The quantitative estimate of drug-likeness (QED) is 0.823. The molecule has 3 rings (SSSR count). The van der Waals surface area contributed by atoms with Crippen molar-refractivity contribution in [2.45, 2.75) is 0 Å². The molecule has 0 aliphatic carbocycles. The number of hydrogen-bond acceptors (Lipinski definition) is 3. The van der Waals surface area contributed by atoms with Gasteiger partial charge in [0, 0.05) is 48.5 Å². The molecule has 1 saturated heterocycles. The number of amides is 2. The summed E-state index contributed by atoms with van der Waals surface area (Å²) >= 11 is 5.85. The number of rotatable bonds is 4. The predicted molar refractivity (Wildman–Crippen MR) is 109 cm³/mol. The Balaban J connectivity index is 1.62. The van der Waals surface area contributed by atoms with Crippen molar-refractivity contribution in [2.75, 3.05) is 38.5 Å². The third-order valence-corrected chi connectivity index (χ3v) is 4.72. The molecule has 1 N–H and O–H groups in total. The monoisotopic (exact) mass is 383 g/mol. The summed E-state index contributed by atoms with van der Waals surface area (Å²) in [5, 5.41) is 3.45. The average molecular weight is 384 g/mol. The molecule has 1 fully saturated rings. The van der Waals surface area contributed by atoms with Crippen molar-refractivity contribution in [3.63, 3.8) is 0 Å². The zero-order valence-electron chi connectivity index (χ0n) is 15.2. The number of piperazine rings is 1. The molecule has 5 nitrogen and oxygen atoms in total. The lowest BCUT2D eigenvalue weighted by Crippen LogP contribution is -2.47. The maximum absolute atomic E-state index is 12.7. The van der Waals surface area contributed by atoms with Crippen molar-refractivity contribution < 1.29 is 9.59 Å². The van der Waals surface area contributed by atoms with Crippen LogP contribution in [-0.4, -0.2) is 54.8 Å². The minimum Gasteiger partial charge on any atom is -0.336 e. The number of anilines is 1. The first-order chi connectivity index (χ1) is 13.0. The molecule has 2 amide bonds. The number of hydrogen-bond donors (Lipinski definition) is 1. The van der Waals surface area contributed by atoms with E-state index in [1.54, 1.807) is 42.5 Å². The molecule has 0 spiro atoms. The van der Waals surface area contributed by atoms with Crippen LogP contribution in [0.15, 0.2) is 54.6 Å². The summed E-state index contributed by atoms with van der Waals surface area (Å²) in [6, 6.07) is 14.3. The minimum atomic E-state index is -0.255. The number of nitrogens with zero attached hydrogens (tertiary/aromatic N) is 2. The van der Waals surface area contributed by atoms with Crippen LogP contribution in [-0.2, 0) is 4.79 Å².